The molecule has 2 aromatic heterocycles. The molecule has 0 aliphatic rings. The second-order valence-electron chi connectivity index (χ2n) is 2.75. The van der Waals surface area contributed by atoms with E-state index in [2.05, 4.69) is 15.3 Å². The highest BCUT2D eigenvalue weighted by Gasteiger charge is 2.01. The van der Waals surface area contributed by atoms with Crippen LogP contribution in [-0.2, 0) is 6.54 Å². The Labute approximate surface area is 75.0 Å². The second kappa shape index (κ2) is 3.49. The minimum atomic E-state index is 0.173. The monoisotopic (exact) mass is 178 g/mol. The highest BCUT2D eigenvalue weighted by atomic mass is 16.3. The molecule has 0 aliphatic carbocycles. The lowest BCUT2D eigenvalue weighted by atomic mass is 10.4. The number of pyridine rings is 1. The SMILES string of the molecule is OCCCn1nnc2cnccc21. The summed E-state index contributed by atoms with van der Waals surface area (Å²) >= 11 is 0. The Morgan fingerprint density at radius 1 is 1.46 bits per heavy atom. The molecule has 13 heavy (non-hydrogen) atoms. The van der Waals surface area contributed by atoms with Crippen molar-refractivity contribution in [3.63, 3.8) is 0 Å². The number of hydrogen-bond donors (Lipinski definition) is 1. The van der Waals surface area contributed by atoms with Crippen LogP contribution in [0.4, 0.5) is 0 Å². The van der Waals surface area contributed by atoms with E-state index in [4.69, 9.17) is 5.11 Å². The Hall–Kier alpha value is -1.49. The minimum absolute atomic E-state index is 0.173. The molecule has 2 rings (SSSR count). The topological polar surface area (TPSA) is 63.8 Å². The average molecular weight is 178 g/mol. The molecule has 0 aliphatic heterocycles. The molecule has 0 saturated carbocycles. The lowest BCUT2D eigenvalue weighted by Crippen LogP contribution is -2.01. The van der Waals surface area contributed by atoms with Gasteiger partial charge in [-0.25, -0.2) is 4.68 Å². The van der Waals surface area contributed by atoms with Gasteiger partial charge >= 0.3 is 0 Å². The van der Waals surface area contributed by atoms with Crippen LogP contribution in [0.5, 0.6) is 0 Å². The maximum absolute atomic E-state index is 8.66. The summed E-state index contributed by atoms with van der Waals surface area (Å²) in [7, 11) is 0. The summed E-state index contributed by atoms with van der Waals surface area (Å²) in [4.78, 5) is 3.94. The predicted octanol–water partition coefficient (Wildman–Crippen LogP) is 0.209. The molecular formula is C8H10N4O. The number of aryl methyl sites for hydroxylation is 1. The molecule has 5 heteroatoms. The lowest BCUT2D eigenvalue weighted by molar-refractivity contribution is 0.277. The summed E-state index contributed by atoms with van der Waals surface area (Å²) in [6, 6.07) is 1.87. The smallest absolute Gasteiger partial charge is 0.131 e. The number of fused-ring (bicyclic) bond motifs is 1. The molecule has 0 atom stereocenters. The number of hydrogen-bond acceptors (Lipinski definition) is 4. The van der Waals surface area contributed by atoms with Gasteiger partial charge in [-0.3, -0.25) is 4.98 Å². The largest absolute Gasteiger partial charge is 0.396 e. The summed E-state index contributed by atoms with van der Waals surface area (Å²) in [5.41, 5.74) is 1.75. The van der Waals surface area contributed by atoms with Gasteiger partial charge in [0.05, 0.1) is 11.7 Å². The van der Waals surface area contributed by atoms with Crippen molar-refractivity contribution in [1.29, 1.82) is 0 Å². The molecule has 1 N–H and O–H groups in total. The average Bonchev–Trinajstić information content (AvgIpc) is 2.58. The minimum Gasteiger partial charge on any atom is -0.396 e. The zero-order valence-corrected chi connectivity index (χ0v) is 7.09. The van der Waals surface area contributed by atoms with E-state index in [9.17, 15) is 0 Å². The van der Waals surface area contributed by atoms with E-state index in [1.165, 1.54) is 0 Å². The molecule has 0 fully saturated rings. The fraction of sp³-hybridized carbons (Fsp3) is 0.375. The first-order chi connectivity index (χ1) is 6.42. The molecule has 0 bridgehead atoms. The van der Waals surface area contributed by atoms with Crippen molar-refractivity contribution in [2.45, 2.75) is 13.0 Å². The number of aromatic nitrogens is 4. The molecule has 0 aromatic carbocycles. The van der Waals surface area contributed by atoms with E-state index in [-0.39, 0.29) is 6.61 Å². The van der Waals surface area contributed by atoms with Crippen LogP contribution >= 0.6 is 0 Å². The fourth-order valence-electron chi connectivity index (χ4n) is 1.21. The van der Waals surface area contributed by atoms with E-state index < -0.39 is 0 Å². The van der Waals surface area contributed by atoms with Crippen LogP contribution < -0.4 is 0 Å². The predicted molar refractivity (Wildman–Crippen MR) is 47.0 cm³/mol. The maximum Gasteiger partial charge on any atom is 0.131 e. The number of rotatable bonds is 3. The standard InChI is InChI=1S/C8H10N4O/c13-5-1-4-12-8-2-3-9-6-7(8)10-11-12/h2-3,6,13H,1,4-5H2. The zero-order chi connectivity index (χ0) is 9.10. The van der Waals surface area contributed by atoms with Gasteiger partial charge in [0, 0.05) is 19.3 Å². The van der Waals surface area contributed by atoms with Crippen LogP contribution in [0.2, 0.25) is 0 Å². The van der Waals surface area contributed by atoms with Crippen LogP contribution in [-0.4, -0.2) is 31.7 Å². The number of aliphatic hydroxyl groups is 1. The molecule has 0 saturated heterocycles. The summed E-state index contributed by atoms with van der Waals surface area (Å²) in [5.74, 6) is 0. The molecule has 68 valence electrons. The normalized spacial score (nSPS) is 10.8. The molecule has 0 spiro atoms. The van der Waals surface area contributed by atoms with Crippen molar-refractivity contribution in [2.75, 3.05) is 6.61 Å². The van der Waals surface area contributed by atoms with Crippen LogP contribution in [0.1, 0.15) is 6.42 Å². The summed E-state index contributed by atoms with van der Waals surface area (Å²) in [6.07, 6.45) is 4.08. The van der Waals surface area contributed by atoms with Gasteiger partial charge in [-0.05, 0) is 12.5 Å². The van der Waals surface area contributed by atoms with Crippen LogP contribution in [0.3, 0.4) is 0 Å². The lowest BCUT2D eigenvalue weighted by Gasteiger charge is -1.98. The van der Waals surface area contributed by atoms with E-state index in [0.29, 0.717) is 13.0 Å². The third-order valence-corrected chi connectivity index (χ3v) is 1.84. The first kappa shape index (κ1) is 8.12. The molecule has 0 amide bonds. The highest BCUT2D eigenvalue weighted by molar-refractivity contribution is 5.72. The Morgan fingerprint density at radius 3 is 3.23 bits per heavy atom. The fourth-order valence-corrected chi connectivity index (χ4v) is 1.21. The summed E-state index contributed by atoms with van der Waals surface area (Å²) in [6.45, 7) is 0.865. The summed E-state index contributed by atoms with van der Waals surface area (Å²) in [5, 5.41) is 16.6. The Morgan fingerprint density at radius 2 is 2.38 bits per heavy atom. The van der Waals surface area contributed by atoms with E-state index >= 15 is 0 Å². The zero-order valence-electron chi connectivity index (χ0n) is 7.09. The van der Waals surface area contributed by atoms with Crippen LogP contribution in [0.15, 0.2) is 18.5 Å². The van der Waals surface area contributed by atoms with Crippen molar-refractivity contribution in [2.24, 2.45) is 0 Å². The molecule has 2 aromatic rings. The van der Waals surface area contributed by atoms with Crippen molar-refractivity contribution >= 4 is 11.0 Å². The van der Waals surface area contributed by atoms with Gasteiger partial charge in [0.15, 0.2) is 0 Å². The molecule has 0 unspecified atom stereocenters. The number of nitrogens with zero attached hydrogens (tertiary/aromatic N) is 4. The molecule has 2 heterocycles. The van der Waals surface area contributed by atoms with Crippen LogP contribution in [0.25, 0.3) is 11.0 Å². The first-order valence-electron chi connectivity index (χ1n) is 4.16. The summed E-state index contributed by atoms with van der Waals surface area (Å²) < 4.78 is 1.77. The Bertz CT molecular complexity index is 398. The molecular weight excluding hydrogens is 168 g/mol. The highest BCUT2D eigenvalue weighted by Crippen LogP contribution is 2.07. The van der Waals surface area contributed by atoms with Crippen molar-refractivity contribution in [3.8, 4) is 0 Å². The van der Waals surface area contributed by atoms with Crippen LogP contribution in [0, 0.1) is 0 Å². The van der Waals surface area contributed by atoms with Gasteiger partial charge in [-0.15, -0.1) is 5.10 Å². The van der Waals surface area contributed by atoms with Crippen molar-refractivity contribution in [1.82, 2.24) is 20.0 Å². The quantitative estimate of drug-likeness (QED) is 0.729. The van der Waals surface area contributed by atoms with Gasteiger partial charge in [0.1, 0.15) is 5.52 Å². The van der Waals surface area contributed by atoms with Gasteiger partial charge < -0.3 is 5.11 Å². The third-order valence-electron chi connectivity index (χ3n) is 1.84. The van der Waals surface area contributed by atoms with Gasteiger partial charge in [0.25, 0.3) is 0 Å². The van der Waals surface area contributed by atoms with E-state index in [1.807, 2.05) is 6.07 Å². The molecule has 0 radical (unpaired) electrons. The Kier molecular flexibility index (Phi) is 2.18. The molecule has 5 nitrogen and oxygen atoms in total. The van der Waals surface area contributed by atoms with Gasteiger partial charge in [0.2, 0.25) is 0 Å². The second-order valence-corrected chi connectivity index (χ2v) is 2.75. The Balaban J connectivity index is 2.35. The van der Waals surface area contributed by atoms with E-state index in [1.54, 1.807) is 17.1 Å². The van der Waals surface area contributed by atoms with Crippen molar-refractivity contribution < 1.29 is 5.11 Å². The van der Waals surface area contributed by atoms with Gasteiger partial charge in [-0.1, -0.05) is 5.21 Å². The third kappa shape index (κ3) is 1.50. The first-order valence-corrected chi connectivity index (χ1v) is 4.16. The van der Waals surface area contributed by atoms with Gasteiger partial charge in [-0.2, -0.15) is 0 Å². The maximum atomic E-state index is 8.66. The number of aliphatic hydroxyl groups excluding tert-OH is 1. The van der Waals surface area contributed by atoms with Crippen molar-refractivity contribution in [3.05, 3.63) is 18.5 Å². The van der Waals surface area contributed by atoms with E-state index in [0.717, 1.165) is 11.0 Å².